The van der Waals surface area contributed by atoms with Gasteiger partial charge in [0.05, 0.1) is 40.3 Å². The second-order valence-corrected chi connectivity index (χ2v) is 15.2. The summed E-state index contributed by atoms with van der Waals surface area (Å²) in [6.45, 7) is 4.53. The molecule has 316 valence electrons. The monoisotopic (exact) mass is 774 g/mol. The van der Waals surface area contributed by atoms with Crippen LogP contribution in [0.4, 0.5) is 0 Å². The van der Waals surface area contributed by atoms with Gasteiger partial charge < -0.3 is 33.3 Å². The summed E-state index contributed by atoms with van der Waals surface area (Å²) in [6.07, 6.45) is 41.1. The molecule has 0 N–H and O–H groups in total. The standard InChI is InChI=1S/C46H79NO8/c1-6-8-10-12-14-16-18-20-21-22-23-25-26-28-30-32-34-36-43(48)53-40-42(41-54-46(45(50)51)52-39-38-47(3,4)5)55-44(49)37-35-33-31-29-27-24-19-17-15-13-11-9-7-2/h9,11,14-17,20-21,24,27,42,46H,6-8,10,12-13,18-19,22-23,25-26,28-41H2,1-5H3/b11-9-,16-14-,17-15-,21-20-,27-24-. The first kappa shape index (κ1) is 52.0. The third-order valence-electron chi connectivity index (χ3n) is 8.75. The van der Waals surface area contributed by atoms with Gasteiger partial charge in [0, 0.05) is 12.8 Å². The Morgan fingerprint density at radius 2 is 1.04 bits per heavy atom. The van der Waals surface area contributed by atoms with Gasteiger partial charge in [0.2, 0.25) is 0 Å². The lowest BCUT2D eigenvalue weighted by Gasteiger charge is -2.26. The van der Waals surface area contributed by atoms with Crippen molar-refractivity contribution in [1.29, 1.82) is 0 Å². The number of unbranched alkanes of at least 4 members (excludes halogenated alkanes) is 13. The molecule has 0 heterocycles. The van der Waals surface area contributed by atoms with Crippen molar-refractivity contribution >= 4 is 17.9 Å². The lowest BCUT2D eigenvalue weighted by Crippen LogP contribution is -2.44. The zero-order valence-electron chi connectivity index (χ0n) is 35.5. The molecule has 2 atom stereocenters. The van der Waals surface area contributed by atoms with E-state index in [2.05, 4.69) is 74.6 Å². The molecule has 0 saturated heterocycles. The molecule has 0 spiro atoms. The fourth-order valence-electron chi connectivity index (χ4n) is 5.40. The number of carbonyl (C=O) groups is 3. The predicted octanol–water partition coefficient (Wildman–Crippen LogP) is 9.66. The van der Waals surface area contributed by atoms with Crippen molar-refractivity contribution in [2.45, 2.75) is 167 Å². The van der Waals surface area contributed by atoms with Crippen LogP contribution in [0.2, 0.25) is 0 Å². The highest BCUT2D eigenvalue weighted by Crippen LogP contribution is 2.12. The molecule has 55 heavy (non-hydrogen) atoms. The Labute approximate surface area is 335 Å². The van der Waals surface area contributed by atoms with Gasteiger partial charge >= 0.3 is 11.9 Å². The Morgan fingerprint density at radius 3 is 1.56 bits per heavy atom. The van der Waals surface area contributed by atoms with Gasteiger partial charge in [-0.1, -0.05) is 126 Å². The number of carboxylic acids is 1. The number of allylic oxidation sites excluding steroid dienone is 10. The topological polar surface area (TPSA) is 111 Å². The van der Waals surface area contributed by atoms with E-state index in [1.807, 2.05) is 21.1 Å². The summed E-state index contributed by atoms with van der Waals surface area (Å²) in [5, 5.41) is 11.7. The first-order chi connectivity index (χ1) is 26.6. The van der Waals surface area contributed by atoms with Gasteiger partial charge in [0.25, 0.3) is 0 Å². The summed E-state index contributed by atoms with van der Waals surface area (Å²) in [4.78, 5) is 36.9. The average molecular weight is 774 g/mol. The Bertz CT molecular complexity index is 1090. The van der Waals surface area contributed by atoms with Crippen LogP contribution in [-0.2, 0) is 33.3 Å². The summed E-state index contributed by atoms with van der Waals surface area (Å²) in [5.41, 5.74) is 0. The van der Waals surface area contributed by atoms with Crippen LogP contribution in [-0.4, -0.2) is 82.3 Å². The molecular formula is C46H79NO8. The van der Waals surface area contributed by atoms with Crippen molar-refractivity contribution in [3.05, 3.63) is 60.8 Å². The molecule has 0 amide bonds. The van der Waals surface area contributed by atoms with Crippen LogP contribution in [0.5, 0.6) is 0 Å². The summed E-state index contributed by atoms with van der Waals surface area (Å²) in [5.74, 6) is -2.35. The molecular weight excluding hydrogens is 695 g/mol. The average Bonchev–Trinajstić information content (AvgIpc) is 3.14. The number of carboxylic acid groups (broad SMARTS) is 1. The van der Waals surface area contributed by atoms with E-state index >= 15 is 0 Å². The van der Waals surface area contributed by atoms with Crippen LogP contribution >= 0.6 is 0 Å². The molecule has 0 aromatic rings. The molecule has 0 bridgehead atoms. The molecule has 0 radical (unpaired) electrons. The highest BCUT2D eigenvalue weighted by atomic mass is 16.7. The molecule has 0 fully saturated rings. The Hall–Kier alpha value is -3.01. The van der Waals surface area contributed by atoms with Crippen molar-refractivity contribution in [2.75, 3.05) is 47.5 Å². The number of hydrogen-bond acceptors (Lipinski definition) is 8. The van der Waals surface area contributed by atoms with Gasteiger partial charge in [0.1, 0.15) is 13.2 Å². The SMILES string of the molecule is CC/C=C\C/C=C\C/C=C\CCCCCC(=O)OC(COC(=O)CCCCCCCCC/C=C\C/C=C\CCCCC)COC(OCC[N+](C)(C)C)C(=O)[O-]. The number of hydrogen-bond donors (Lipinski definition) is 0. The summed E-state index contributed by atoms with van der Waals surface area (Å²) < 4.78 is 22.5. The van der Waals surface area contributed by atoms with Crippen molar-refractivity contribution in [3.8, 4) is 0 Å². The number of esters is 2. The van der Waals surface area contributed by atoms with Gasteiger partial charge in [-0.05, 0) is 77.0 Å². The van der Waals surface area contributed by atoms with Crippen molar-refractivity contribution in [1.82, 2.24) is 0 Å². The Kier molecular flexibility index (Phi) is 35.8. The molecule has 2 unspecified atom stereocenters. The minimum absolute atomic E-state index is 0.138. The van der Waals surface area contributed by atoms with Crippen LogP contribution in [0.15, 0.2) is 60.8 Å². The van der Waals surface area contributed by atoms with E-state index < -0.39 is 24.3 Å². The van der Waals surface area contributed by atoms with Gasteiger partial charge in [-0.3, -0.25) is 9.59 Å². The number of rotatable bonds is 38. The molecule has 0 saturated carbocycles. The number of carbonyl (C=O) groups excluding carboxylic acids is 3. The van der Waals surface area contributed by atoms with Crippen LogP contribution in [0.1, 0.15) is 155 Å². The van der Waals surface area contributed by atoms with E-state index in [4.69, 9.17) is 18.9 Å². The fraction of sp³-hybridized carbons (Fsp3) is 0.717. The highest BCUT2D eigenvalue weighted by molar-refractivity contribution is 5.70. The third kappa shape index (κ3) is 39.0. The van der Waals surface area contributed by atoms with Crippen molar-refractivity contribution in [2.24, 2.45) is 0 Å². The van der Waals surface area contributed by atoms with Crippen LogP contribution in [0.3, 0.4) is 0 Å². The number of likely N-dealkylation sites (N-methyl/N-ethyl adjacent to an activating group) is 1. The molecule has 0 rings (SSSR count). The lowest BCUT2D eigenvalue weighted by atomic mass is 10.1. The first-order valence-electron chi connectivity index (χ1n) is 21.4. The van der Waals surface area contributed by atoms with E-state index in [1.54, 1.807) is 0 Å². The second-order valence-electron chi connectivity index (χ2n) is 15.2. The van der Waals surface area contributed by atoms with Gasteiger partial charge in [0.15, 0.2) is 12.4 Å². The maximum Gasteiger partial charge on any atom is 0.306 e. The normalized spacial score (nSPS) is 13.5. The largest absolute Gasteiger partial charge is 0.545 e. The Morgan fingerprint density at radius 1 is 0.564 bits per heavy atom. The minimum atomic E-state index is -1.63. The lowest BCUT2D eigenvalue weighted by molar-refractivity contribution is -0.870. The van der Waals surface area contributed by atoms with E-state index in [-0.39, 0.29) is 38.6 Å². The maximum absolute atomic E-state index is 12.7. The van der Waals surface area contributed by atoms with Crippen LogP contribution in [0.25, 0.3) is 0 Å². The van der Waals surface area contributed by atoms with Crippen LogP contribution in [0, 0.1) is 0 Å². The van der Waals surface area contributed by atoms with Crippen molar-refractivity contribution in [3.63, 3.8) is 0 Å². The number of aliphatic carboxylic acids is 1. The maximum atomic E-state index is 12.7. The molecule has 9 nitrogen and oxygen atoms in total. The summed E-state index contributed by atoms with van der Waals surface area (Å²) >= 11 is 0. The second kappa shape index (κ2) is 37.9. The van der Waals surface area contributed by atoms with Crippen molar-refractivity contribution < 1.29 is 42.9 Å². The molecule has 0 aliphatic carbocycles. The van der Waals surface area contributed by atoms with E-state index in [0.717, 1.165) is 77.0 Å². The quantitative estimate of drug-likeness (QED) is 0.0201. The number of ether oxygens (including phenoxy) is 4. The summed E-state index contributed by atoms with van der Waals surface area (Å²) in [7, 11) is 5.88. The van der Waals surface area contributed by atoms with Gasteiger partial charge in [-0.2, -0.15) is 0 Å². The highest BCUT2D eigenvalue weighted by Gasteiger charge is 2.21. The van der Waals surface area contributed by atoms with Gasteiger partial charge in [-0.15, -0.1) is 0 Å². The molecule has 9 heteroatoms. The first-order valence-corrected chi connectivity index (χ1v) is 21.4. The summed E-state index contributed by atoms with van der Waals surface area (Å²) in [6, 6.07) is 0. The third-order valence-corrected chi connectivity index (χ3v) is 8.75. The molecule has 0 aliphatic rings. The molecule has 0 aromatic carbocycles. The predicted molar refractivity (Wildman–Crippen MR) is 223 cm³/mol. The zero-order chi connectivity index (χ0) is 40.7. The minimum Gasteiger partial charge on any atom is -0.545 e. The molecule has 0 aromatic heterocycles. The van der Waals surface area contributed by atoms with E-state index in [9.17, 15) is 19.5 Å². The van der Waals surface area contributed by atoms with Gasteiger partial charge in [-0.25, -0.2) is 0 Å². The van der Waals surface area contributed by atoms with Crippen LogP contribution < -0.4 is 5.11 Å². The smallest absolute Gasteiger partial charge is 0.306 e. The molecule has 0 aliphatic heterocycles. The van der Waals surface area contributed by atoms with E-state index in [0.29, 0.717) is 17.4 Å². The Balaban J connectivity index is 4.51. The number of quaternary nitrogens is 1. The fourth-order valence-corrected chi connectivity index (χ4v) is 5.40. The van der Waals surface area contributed by atoms with E-state index in [1.165, 1.54) is 44.9 Å². The number of nitrogens with zero attached hydrogens (tertiary/aromatic N) is 1. The zero-order valence-corrected chi connectivity index (χ0v) is 35.5.